The predicted molar refractivity (Wildman–Crippen MR) is 129 cm³/mol. The van der Waals surface area contributed by atoms with Crippen LogP contribution in [0.5, 0.6) is 11.5 Å². The molecule has 7 heteroatoms. The lowest BCUT2D eigenvalue weighted by Crippen LogP contribution is -2.53. The number of hydrogen-bond acceptors (Lipinski definition) is 5. The molecule has 4 rings (SSSR count). The van der Waals surface area contributed by atoms with Crippen molar-refractivity contribution < 1.29 is 23.9 Å². The van der Waals surface area contributed by atoms with E-state index in [1.54, 1.807) is 42.3 Å². The van der Waals surface area contributed by atoms with Crippen molar-refractivity contribution in [3.63, 3.8) is 0 Å². The number of methoxy groups -OCH3 is 1. The van der Waals surface area contributed by atoms with Gasteiger partial charge in [-0.05, 0) is 41.3 Å². The smallest absolute Gasteiger partial charge is 0.251 e. The number of ketones is 1. The Morgan fingerprint density at radius 3 is 2.38 bits per heavy atom. The van der Waals surface area contributed by atoms with Gasteiger partial charge in [0.15, 0.2) is 5.78 Å². The van der Waals surface area contributed by atoms with Crippen LogP contribution in [0.3, 0.4) is 0 Å². The number of rotatable bonds is 4. The number of piperidine rings is 1. The fourth-order valence-electron chi connectivity index (χ4n) is 4.53. The topological polar surface area (TPSA) is 84.9 Å². The van der Waals surface area contributed by atoms with Crippen LogP contribution in [-0.2, 0) is 10.2 Å². The molecule has 7 nitrogen and oxygen atoms in total. The van der Waals surface area contributed by atoms with Crippen LogP contribution in [0.2, 0.25) is 0 Å². The molecular weight excluding hydrogens is 432 g/mol. The number of nitrogens with one attached hydrogen (secondary N) is 1. The summed E-state index contributed by atoms with van der Waals surface area (Å²) in [5.74, 6) is 0.822. The van der Waals surface area contributed by atoms with E-state index in [1.165, 1.54) is 0 Å². The third-order valence-electron chi connectivity index (χ3n) is 6.74. The molecule has 0 bridgehead atoms. The summed E-state index contributed by atoms with van der Waals surface area (Å²) in [6.45, 7) is 7.26. The fourth-order valence-corrected chi connectivity index (χ4v) is 4.53. The van der Waals surface area contributed by atoms with Gasteiger partial charge >= 0.3 is 0 Å². The van der Waals surface area contributed by atoms with Gasteiger partial charge in [0.25, 0.3) is 5.91 Å². The standard InChI is InChI=1S/C27H32N2O5/c1-26(2,3)19-7-5-18(6-8-19)25(32)28-17-24(31)29-13-11-27(12-14-29)16-22(30)21-15-20(33-4)9-10-23(21)34-27/h5-10,15H,11-14,16-17H2,1-4H3,(H,28,32). The monoisotopic (exact) mass is 464 g/mol. The van der Waals surface area contributed by atoms with E-state index in [2.05, 4.69) is 26.1 Å². The maximum Gasteiger partial charge on any atom is 0.251 e. The van der Waals surface area contributed by atoms with E-state index in [0.717, 1.165) is 5.56 Å². The summed E-state index contributed by atoms with van der Waals surface area (Å²) in [7, 11) is 1.56. The lowest BCUT2D eigenvalue weighted by Gasteiger charge is -2.44. The van der Waals surface area contributed by atoms with Gasteiger partial charge in [0.1, 0.15) is 17.1 Å². The highest BCUT2D eigenvalue weighted by Gasteiger charge is 2.43. The van der Waals surface area contributed by atoms with Crippen LogP contribution in [0, 0.1) is 0 Å². The number of hydrogen-bond donors (Lipinski definition) is 1. The van der Waals surface area contributed by atoms with Crippen molar-refractivity contribution in [1.29, 1.82) is 0 Å². The van der Waals surface area contributed by atoms with Gasteiger partial charge in [-0.1, -0.05) is 32.9 Å². The maximum atomic E-state index is 12.8. The number of likely N-dealkylation sites (tertiary alicyclic amines) is 1. The molecule has 0 unspecified atom stereocenters. The Balaban J connectivity index is 1.31. The molecule has 2 aliphatic rings. The second kappa shape index (κ2) is 9.12. The molecule has 1 N–H and O–H groups in total. The number of carbonyl (C=O) groups is 3. The predicted octanol–water partition coefficient (Wildman–Crippen LogP) is 3.75. The van der Waals surface area contributed by atoms with Gasteiger partial charge < -0.3 is 19.7 Å². The molecule has 2 aromatic carbocycles. The fraction of sp³-hybridized carbons (Fsp3) is 0.444. The highest BCUT2D eigenvalue weighted by atomic mass is 16.5. The summed E-state index contributed by atoms with van der Waals surface area (Å²) >= 11 is 0. The molecule has 2 aliphatic heterocycles. The molecule has 2 amide bonds. The van der Waals surface area contributed by atoms with Crippen LogP contribution in [0.1, 0.15) is 66.3 Å². The molecule has 1 saturated heterocycles. The minimum Gasteiger partial charge on any atom is -0.497 e. The molecule has 2 heterocycles. The minimum atomic E-state index is -0.590. The molecule has 1 spiro atoms. The van der Waals surface area contributed by atoms with Gasteiger partial charge in [-0.25, -0.2) is 0 Å². The van der Waals surface area contributed by atoms with Crippen molar-refractivity contribution >= 4 is 17.6 Å². The largest absolute Gasteiger partial charge is 0.497 e. The Kier molecular flexibility index (Phi) is 6.39. The van der Waals surface area contributed by atoms with E-state index >= 15 is 0 Å². The second-order valence-corrected chi connectivity index (χ2v) is 10.1. The molecule has 34 heavy (non-hydrogen) atoms. The van der Waals surface area contributed by atoms with Crippen molar-refractivity contribution in [2.75, 3.05) is 26.7 Å². The van der Waals surface area contributed by atoms with Crippen molar-refractivity contribution in [1.82, 2.24) is 10.2 Å². The molecule has 0 saturated carbocycles. The molecular formula is C27H32N2O5. The Bertz CT molecular complexity index is 1090. The van der Waals surface area contributed by atoms with Gasteiger partial charge in [0.05, 0.1) is 25.6 Å². The summed E-state index contributed by atoms with van der Waals surface area (Å²) in [6, 6.07) is 12.7. The lowest BCUT2D eigenvalue weighted by molar-refractivity contribution is -0.133. The highest BCUT2D eigenvalue weighted by Crippen LogP contribution is 2.40. The molecule has 0 aromatic heterocycles. The van der Waals surface area contributed by atoms with Gasteiger partial charge in [-0.15, -0.1) is 0 Å². The highest BCUT2D eigenvalue weighted by molar-refractivity contribution is 6.01. The van der Waals surface area contributed by atoms with Gasteiger partial charge in [-0.2, -0.15) is 0 Å². The van der Waals surface area contributed by atoms with E-state index in [4.69, 9.17) is 9.47 Å². The zero-order valence-electron chi connectivity index (χ0n) is 20.3. The van der Waals surface area contributed by atoms with E-state index in [9.17, 15) is 14.4 Å². The van der Waals surface area contributed by atoms with Crippen LogP contribution in [0.25, 0.3) is 0 Å². The number of ether oxygens (including phenoxy) is 2. The zero-order valence-corrected chi connectivity index (χ0v) is 20.3. The third-order valence-corrected chi connectivity index (χ3v) is 6.74. The molecule has 180 valence electrons. The van der Waals surface area contributed by atoms with Crippen LogP contribution in [0.4, 0.5) is 0 Å². The molecule has 0 atom stereocenters. The normalized spacial score (nSPS) is 17.1. The van der Waals surface area contributed by atoms with E-state index in [0.29, 0.717) is 48.6 Å². The van der Waals surface area contributed by atoms with Crippen LogP contribution >= 0.6 is 0 Å². The molecule has 0 aliphatic carbocycles. The van der Waals surface area contributed by atoms with Crippen LogP contribution in [-0.4, -0.2) is 54.8 Å². The third kappa shape index (κ3) is 4.93. The number of nitrogens with zero attached hydrogens (tertiary/aromatic N) is 1. The summed E-state index contributed by atoms with van der Waals surface area (Å²) in [6.07, 6.45) is 1.42. The Hall–Kier alpha value is -3.35. The second-order valence-electron chi connectivity index (χ2n) is 10.1. The summed E-state index contributed by atoms with van der Waals surface area (Å²) in [5, 5.41) is 2.73. The SMILES string of the molecule is COc1ccc2c(c1)C(=O)CC1(CCN(C(=O)CNC(=O)c3ccc(C(C)(C)C)cc3)CC1)O2. The van der Waals surface area contributed by atoms with Crippen molar-refractivity contribution in [3.05, 3.63) is 59.2 Å². The summed E-state index contributed by atoms with van der Waals surface area (Å²) in [5.41, 5.74) is 1.64. The van der Waals surface area contributed by atoms with Gasteiger partial charge in [0, 0.05) is 31.5 Å². The zero-order chi connectivity index (χ0) is 24.5. The Labute approximate surface area is 200 Å². The lowest BCUT2D eigenvalue weighted by atomic mass is 9.82. The summed E-state index contributed by atoms with van der Waals surface area (Å²) in [4.78, 5) is 39.7. The Morgan fingerprint density at radius 2 is 1.76 bits per heavy atom. The number of carbonyl (C=O) groups excluding carboxylic acids is 3. The van der Waals surface area contributed by atoms with Gasteiger partial charge in [0.2, 0.25) is 5.91 Å². The number of Topliss-reactive ketones (excluding diaryl/α,β-unsaturated/α-hetero) is 1. The van der Waals surface area contributed by atoms with Crippen LogP contribution < -0.4 is 14.8 Å². The van der Waals surface area contributed by atoms with Crippen molar-refractivity contribution in [2.24, 2.45) is 0 Å². The quantitative estimate of drug-likeness (QED) is 0.745. The number of benzene rings is 2. The molecule has 1 fully saturated rings. The Morgan fingerprint density at radius 1 is 1.09 bits per heavy atom. The number of fused-ring (bicyclic) bond motifs is 1. The molecule has 2 aromatic rings. The first-order valence-corrected chi connectivity index (χ1v) is 11.7. The van der Waals surface area contributed by atoms with Crippen molar-refractivity contribution in [3.8, 4) is 11.5 Å². The minimum absolute atomic E-state index is 0.0121. The first-order chi connectivity index (χ1) is 16.1. The van der Waals surface area contributed by atoms with Crippen LogP contribution in [0.15, 0.2) is 42.5 Å². The average Bonchev–Trinajstić information content (AvgIpc) is 2.82. The van der Waals surface area contributed by atoms with E-state index in [1.807, 2.05) is 12.1 Å². The molecule has 0 radical (unpaired) electrons. The van der Waals surface area contributed by atoms with E-state index < -0.39 is 5.60 Å². The maximum absolute atomic E-state index is 12.8. The summed E-state index contributed by atoms with van der Waals surface area (Å²) < 4.78 is 11.5. The first kappa shape index (κ1) is 23.8. The van der Waals surface area contributed by atoms with E-state index in [-0.39, 0.29) is 36.0 Å². The number of amides is 2. The van der Waals surface area contributed by atoms with Gasteiger partial charge in [-0.3, -0.25) is 14.4 Å². The van der Waals surface area contributed by atoms with Crippen molar-refractivity contribution in [2.45, 2.75) is 51.0 Å². The first-order valence-electron chi connectivity index (χ1n) is 11.7. The average molecular weight is 465 g/mol.